The lowest BCUT2D eigenvalue weighted by atomic mass is 10.2. The van der Waals surface area contributed by atoms with Gasteiger partial charge in [-0.15, -0.1) is 0 Å². The second kappa shape index (κ2) is 5.43. The van der Waals surface area contributed by atoms with Crippen LogP contribution in [0.4, 0.5) is 11.6 Å². The van der Waals surface area contributed by atoms with Crippen molar-refractivity contribution in [2.24, 2.45) is 0 Å². The molecule has 128 valence electrons. The first-order valence-corrected chi connectivity index (χ1v) is 10.2. The molecule has 7 heteroatoms. The van der Waals surface area contributed by atoms with Gasteiger partial charge >= 0.3 is 0 Å². The molecular weight excluding hydrogens is 414 g/mol. The number of hydrogen-bond donors (Lipinski definition) is 0. The number of nitrogens with zero attached hydrogens (tertiary/aromatic N) is 3. The highest BCUT2D eigenvalue weighted by atomic mass is 79.9. The number of rotatable bonds is 1. The van der Waals surface area contributed by atoms with Gasteiger partial charge in [-0.25, -0.2) is 17.7 Å². The third-order valence-corrected chi connectivity index (χ3v) is 6.63. The quantitative estimate of drug-likeness (QED) is 0.446. The minimum atomic E-state index is -3.80. The monoisotopic (exact) mass is 425 g/mol. The van der Waals surface area contributed by atoms with Crippen LogP contribution >= 0.6 is 15.9 Å². The van der Waals surface area contributed by atoms with Gasteiger partial charge < -0.3 is 0 Å². The van der Waals surface area contributed by atoms with Crippen LogP contribution in [0.15, 0.2) is 82.2 Å². The molecule has 0 saturated heterocycles. The Bertz CT molecular complexity index is 1270. The molecule has 1 aliphatic heterocycles. The predicted molar refractivity (Wildman–Crippen MR) is 105 cm³/mol. The van der Waals surface area contributed by atoms with Crippen molar-refractivity contribution < 1.29 is 8.42 Å². The number of sulfonamides is 1. The van der Waals surface area contributed by atoms with Crippen molar-refractivity contribution >= 4 is 48.6 Å². The van der Waals surface area contributed by atoms with Crippen molar-refractivity contribution in [1.82, 2.24) is 9.55 Å². The molecule has 0 spiro atoms. The van der Waals surface area contributed by atoms with Crippen LogP contribution in [0.25, 0.3) is 16.7 Å². The highest BCUT2D eigenvalue weighted by Gasteiger charge is 2.38. The first-order chi connectivity index (χ1) is 12.6. The van der Waals surface area contributed by atoms with Crippen molar-refractivity contribution in [3.05, 3.63) is 77.3 Å². The van der Waals surface area contributed by atoms with Crippen LogP contribution in [0.5, 0.6) is 0 Å². The number of aromatic nitrogens is 2. The van der Waals surface area contributed by atoms with Gasteiger partial charge in [0.25, 0.3) is 10.0 Å². The summed E-state index contributed by atoms with van der Waals surface area (Å²) in [4.78, 5) is 4.87. The van der Waals surface area contributed by atoms with Crippen LogP contribution in [0, 0.1) is 0 Å². The Hall–Kier alpha value is -2.64. The average Bonchev–Trinajstić information content (AvgIpc) is 3.01. The standard InChI is InChI=1S/C19H12BrN3O2S/c20-13-10-11-17-18(12-13)26(24,25)23(14-6-2-1-3-7-14)19-21-15-8-4-5-9-16(15)22(17)19/h1-12H. The molecule has 0 radical (unpaired) electrons. The molecule has 0 amide bonds. The fourth-order valence-corrected chi connectivity index (χ4v) is 5.44. The van der Waals surface area contributed by atoms with Gasteiger partial charge in [0.05, 0.1) is 22.4 Å². The van der Waals surface area contributed by atoms with Gasteiger partial charge in [0.15, 0.2) is 0 Å². The number of para-hydroxylation sites is 3. The zero-order valence-electron chi connectivity index (χ0n) is 13.4. The van der Waals surface area contributed by atoms with Gasteiger partial charge in [0.1, 0.15) is 4.90 Å². The number of fused-ring (bicyclic) bond motifs is 5. The Labute approximate surface area is 158 Å². The van der Waals surface area contributed by atoms with Gasteiger partial charge in [0, 0.05) is 4.47 Å². The second-order valence-electron chi connectivity index (χ2n) is 5.95. The molecule has 0 N–H and O–H groups in total. The maximum atomic E-state index is 13.4. The lowest BCUT2D eigenvalue weighted by Crippen LogP contribution is -2.33. The minimum absolute atomic E-state index is 0.242. The van der Waals surface area contributed by atoms with E-state index < -0.39 is 10.0 Å². The summed E-state index contributed by atoms with van der Waals surface area (Å²) in [7, 11) is -3.80. The molecule has 5 rings (SSSR count). The summed E-state index contributed by atoms with van der Waals surface area (Å²) < 4.78 is 30.8. The smallest absolute Gasteiger partial charge is 0.273 e. The fraction of sp³-hybridized carbons (Fsp3) is 0. The van der Waals surface area contributed by atoms with Gasteiger partial charge in [-0.05, 0) is 42.5 Å². The molecule has 0 unspecified atom stereocenters. The SMILES string of the molecule is O=S1(=O)c2cc(Br)ccc2-n2c(nc3ccccc32)N1c1ccccc1. The van der Waals surface area contributed by atoms with E-state index in [-0.39, 0.29) is 4.90 Å². The average molecular weight is 426 g/mol. The number of halogens is 1. The molecule has 26 heavy (non-hydrogen) atoms. The van der Waals surface area contributed by atoms with Gasteiger partial charge in [0.2, 0.25) is 5.95 Å². The second-order valence-corrected chi connectivity index (χ2v) is 8.62. The highest BCUT2D eigenvalue weighted by Crippen LogP contribution is 2.43. The molecule has 5 nitrogen and oxygen atoms in total. The summed E-state index contributed by atoms with van der Waals surface area (Å²) in [5.41, 5.74) is 2.76. The molecule has 4 aromatic rings. The first kappa shape index (κ1) is 15.6. The Morgan fingerprint density at radius 1 is 0.885 bits per heavy atom. The lowest BCUT2D eigenvalue weighted by molar-refractivity contribution is 0.592. The summed E-state index contributed by atoms with van der Waals surface area (Å²) in [6.07, 6.45) is 0. The van der Waals surface area contributed by atoms with Crippen molar-refractivity contribution in [3.8, 4) is 5.69 Å². The van der Waals surface area contributed by atoms with Crippen molar-refractivity contribution in [2.45, 2.75) is 4.90 Å². The van der Waals surface area contributed by atoms with E-state index in [1.165, 1.54) is 4.31 Å². The molecule has 0 atom stereocenters. The van der Waals surface area contributed by atoms with Crippen LogP contribution in [-0.4, -0.2) is 18.0 Å². The van der Waals surface area contributed by atoms with E-state index in [4.69, 9.17) is 0 Å². The third kappa shape index (κ3) is 2.07. The normalized spacial score (nSPS) is 14.9. The molecule has 0 fully saturated rings. The van der Waals surface area contributed by atoms with Crippen LogP contribution in [-0.2, 0) is 10.0 Å². The molecule has 0 aliphatic carbocycles. The maximum absolute atomic E-state index is 13.4. The van der Waals surface area contributed by atoms with Gasteiger partial charge in [-0.2, -0.15) is 0 Å². The zero-order chi connectivity index (χ0) is 17.9. The van der Waals surface area contributed by atoms with E-state index in [1.54, 1.807) is 24.3 Å². The number of hydrogen-bond acceptors (Lipinski definition) is 3. The topological polar surface area (TPSA) is 55.2 Å². The molecule has 2 heterocycles. The minimum Gasteiger partial charge on any atom is -0.276 e. The first-order valence-electron chi connectivity index (χ1n) is 7.95. The van der Waals surface area contributed by atoms with Gasteiger partial charge in [-0.1, -0.05) is 46.3 Å². The molecule has 3 aromatic carbocycles. The van der Waals surface area contributed by atoms with Crippen molar-refractivity contribution in [2.75, 3.05) is 4.31 Å². The van der Waals surface area contributed by atoms with E-state index >= 15 is 0 Å². The molecule has 1 aromatic heterocycles. The Morgan fingerprint density at radius 2 is 1.62 bits per heavy atom. The number of anilines is 2. The predicted octanol–water partition coefficient (Wildman–Crippen LogP) is 4.63. The lowest BCUT2D eigenvalue weighted by Gasteiger charge is -2.30. The van der Waals surface area contributed by atoms with E-state index in [0.29, 0.717) is 21.8 Å². The van der Waals surface area contributed by atoms with E-state index in [1.807, 2.05) is 53.1 Å². The maximum Gasteiger partial charge on any atom is 0.273 e. The van der Waals surface area contributed by atoms with E-state index in [2.05, 4.69) is 20.9 Å². The third-order valence-electron chi connectivity index (χ3n) is 4.40. The van der Waals surface area contributed by atoms with Crippen molar-refractivity contribution in [3.63, 3.8) is 0 Å². The van der Waals surface area contributed by atoms with E-state index in [0.717, 1.165) is 11.0 Å². The van der Waals surface area contributed by atoms with Crippen LogP contribution < -0.4 is 4.31 Å². The van der Waals surface area contributed by atoms with E-state index in [9.17, 15) is 8.42 Å². The summed E-state index contributed by atoms with van der Waals surface area (Å²) >= 11 is 3.39. The number of benzene rings is 3. The Morgan fingerprint density at radius 3 is 2.42 bits per heavy atom. The molecule has 0 saturated carbocycles. The molecular formula is C19H12BrN3O2S. The Balaban J connectivity index is 1.95. The summed E-state index contributed by atoms with van der Waals surface area (Å²) in [6, 6.07) is 21.9. The highest BCUT2D eigenvalue weighted by molar-refractivity contribution is 9.10. The molecule has 0 bridgehead atoms. The summed E-state index contributed by atoms with van der Waals surface area (Å²) in [5.74, 6) is 0.368. The van der Waals surface area contributed by atoms with Crippen molar-refractivity contribution in [1.29, 1.82) is 0 Å². The van der Waals surface area contributed by atoms with Crippen LogP contribution in [0.3, 0.4) is 0 Å². The van der Waals surface area contributed by atoms with Crippen LogP contribution in [0.2, 0.25) is 0 Å². The summed E-state index contributed by atoms with van der Waals surface area (Å²) in [6.45, 7) is 0. The fourth-order valence-electron chi connectivity index (χ4n) is 3.29. The zero-order valence-corrected chi connectivity index (χ0v) is 15.8. The molecule has 1 aliphatic rings. The number of imidazole rings is 1. The largest absolute Gasteiger partial charge is 0.276 e. The van der Waals surface area contributed by atoms with Gasteiger partial charge in [-0.3, -0.25) is 4.57 Å². The van der Waals surface area contributed by atoms with Crippen LogP contribution in [0.1, 0.15) is 0 Å². The summed E-state index contributed by atoms with van der Waals surface area (Å²) in [5, 5.41) is 0. The Kier molecular flexibility index (Phi) is 3.26.